The molecule has 1 aliphatic carbocycles. The number of methoxy groups -OCH3 is 2. The van der Waals surface area contributed by atoms with E-state index in [1.54, 1.807) is 19.2 Å². The lowest BCUT2D eigenvalue weighted by Crippen LogP contribution is -2.45. The number of fused-ring (bicyclic) bond motifs is 1. The molecule has 0 spiro atoms. The number of benzene rings is 1. The highest BCUT2D eigenvalue weighted by molar-refractivity contribution is 9.08. The number of carbonyl (C=O) groups is 1. The maximum Gasteiger partial charge on any atom is 0.247 e. The van der Waals surface area contributed by atoms with Gasteiger partial charge in [-0.2, -0.15) is 5.10 Å². The summed E-state index contributed by atoms with van der Waals surface area (Å²) in [5.41, 5.74) is 3.60. The van der Waals surface area contributed by atoms with E-state index in [0.717, 1.165) is 35.5 Å². The van der Waals surface area contributed by atoms with Crippen LogP contribution in [0.1, 0.15) is 29.8 Å². The van der Waals surface area contributed by atoms with Gasteiger partial charge in [0.05, 0.1) is 43.8 Å². The number of nitrogens with zero attached hydrogens (tertiary/aromatic N) is 3. The molecule has 0 fully saturated rings. The number of alkyl halides is 1. The zero-order valence-electron chi connectivity index (χ0n) is 17.0. The molecule has 2 aromatic rings. The van der Waals surface area contributed by atoms with Crippen molar-refractivity contribution in [2.45, 2.75) is 24.7 Å². The summed E-state index contributed by atoms with van der Waals surface area (Å²) in [6.45, 7) is 0.351. The van der Waals surface area contributed by atoms with Crippen LogP contribution in [0.5, 0.6) is 11.5 Å². The second-order valence-electron chi connectivity index (χ2n) is 7.36. The molecule has 0 radical (unpaired) electrons. The van der Waals surface area contributed by atoms with Gasteiger partial charge in [-0.05, 0) is 43.2 Å². The number of aromatic nitrogens is 1. The Kier molecular flexibility index (Phi) is 6.18. The number of allylic oxidation sites excluding steroid dienone is 2. The Morgan fingerprint density at radius 3 is 2.50 bits per heavy atom. The van der Waals surface area contributed by atoms with Gasteiger partial charge in [0.1, 0.15) is 0 Å². The Morgan fingerprint density at radius 2 is 1.77 bits per heavy atom. The van der Waals surface area contributed by atoms with Gasteiger partial charge in [-0.1, -0.05) is 34.1 Å². The molecule has 0 bridgehead atoms. The molecule has 2 heterocycles. The molecule has 0 saturated carbocycles. The van der Waals surface area contributed by atoms with E-state index in [1.165, 1.54) is 0 Å². The van der Waals surface area contributed by atoms with Crippen LogP contribution in [0.25, 0.3) is 0 Å². The molecule has 156 valence electrons. The average molecular weight is 470 g/mol. The topological polar surface area (TPSA) is 64.0 Å². The largest absolute Gasteiger partial charge is 0.493 e. The van der Waals surface area contributed by atoms with Crippen molar-refractivity contribution in [2.75, 3.05) is 14.2 Å². The van der Waals surface area contributed by atoms with Crippen molar-refractivity contribution in [3.05, 3.63) is 65.5 Å². The molecule has 30 heavy (non-hydrogen) atoms. The number of pyridine rings is 1. The van der Waals surface area contributed by atoms with E-state index in [-0.39, 0.29) is 17.7 Å². The molecule has 1 amide bonds. The molecule has 4 rings (SSSR count). The standard InChI is InChI=1S/C23H24BrN3O3/c1-29-20-11-10-15(12-21(20)30-2)22-18-8-3-4-9-19(18)23(28)27(26-22)14-17-7-5-6-16(13-24)25-17/h3-7,10-12,18-19H,8-9,13-14H2,1-2H3. The summed E-state index contributed by atoms with van der Waals surface area (Å²) >= 11 is 3.44. The van der Waals surface area contributed by atoms with Crippen LogP contribution in [-0.2, 0) is 16.7 Å². The van der Waals surface area contributed by atoms with Crippen molar-refractivity contribution in [3.8, 4) is 11.5 Å². The van der Waals surface area contributed by atoms with E-state index < -0.39 is 0 Å². The molecule has 1 aromatic heterocycles. The first kappa shape index (κ1) is 20.6. The fourth-order valence-corrected chi connectivity index (χ4v) is 4.37. The van der Waals surface area contributed by atoms with Crippen LogP contribution in [0, 0.1) is 11.8 Å². The molecular formula is C23H24BrN3O3. The summed E-state index contributed by atoms with van der Waals surface area (Å²) in [5.74, 6) is 1.31. The van der Waals surface area contributed by atoms with Crippen LogP contribution in [-0.4, -0.2) is 35.8 Å². The number of carbonyl (C=O) groups excluding carboxylic acids is 1. The summed E-state index contributed by atoms with van der Waals surface area (Å²) in [7, 11) is 3.24. The van der Waals surface area contributed by atoms with Crippen molar-refractivity contribution in [1.29, 1.82) is 0 Å². The predicted molar refractivity (Wildman–Crippen MR) is 119 cm³/mol. The minimum absolute atomic E-state index is 0.0543. The van der Waals surface area contributed by atoms with E-state index >= 15 is 0 Å². The average Bonchev–Trinajstić information content (AvgIpc) is 2.80. The Balaban J connectivity index is 1.73. The minimum atomic E-state index is -0.116. The van der Waals surface area contributed by atoms with Gasteiger partial charge in [-0.15, -0.1) is 0 Å². The molecule has 0 N–H and O–H groups in total. The molecule has 0 saturated heterocycles. The summed E-state index contributed by atoms with van der Waals surface area (Å²) in [5, 5.41) is 7.06. The summed E-state index contributed by atoms with van der Waals surface area (Å²) in [4.78, 5) is 17.8. The van der Waals surface area contributed by atoms with Gasteiger partial charge in [0, 0.05) is 16.8 Å². The molecule has 6 nitrogen and oxygen atoms in total. The van der Waals surface area contributed by atoms with E-state index in [0.29, 0.717) is 23.4 Å². The number of hydrogen-bond acceptors (Lipinski definition) is 5. The molecule has 2 atom stereocenters. The lowest BCUT2D eigenvalue weighted by Gasteiger charge is -2.37. The maximum atomic E-state index is 13.2. The quantitative estimate of drug-likeness (QED) is 0.466. The third kappa shape index (κ3) is 3.99. The molecule has 2 unspecified atom stereocenters. The number of rotatable bonds is 6. The molecule has 7 heteroatoms. The highest BCUT2D eigenvalue weighted by Crippen LogP contribution is 2.37. The molecule has 1 aliphatic heterocycles. The second-order valence-corrected chi connectivity index (χ2v) is 7.92. The first-order chi connectivity index (χ1) is 14.6. The van der Waals surface area contributed by atoms with Crippen LogP contribution in [0.15, 0.2) is 53.7 Å². The zero-order valence-corrected chi connectivity index (χ0v) is 18.6. The number of amides is 1. The lowest BCUT2D eigenvalue weighted by atomic mass is 9.76. The van der Waals surface area contributed by atoms with Crippen LogP contribution < -0.4 is 9.47 Å². The number of hydrogen-bond donors (Lipinski definition) is 0. The normalized spacial score (nSPS) is 20.6. The third-order valence-corrected chi connectivity index (χ3v) is 6.15. The first-order valence-corrected chi connectivity index (χ1v) is 11.0. The van der Waals surface area contributed by atoms with E-state index in [9.17, 15) is 4.79 Å². The molecule has 2 aliphatic rings. The van der Waals surface area contributed by atoms with E-state index in [1.807, 2.05) is 36.4 Å². The van der Waals surface area contributed by atoms with Crippen LogP contribution in [0.3, 0.4) is 0 Å². The van der Waals surface area contributed by atoms with Crippen molar-refractivity contribution in [1.82, 2.24) is 9.99 Å². The van der Waals surface area contributed by atoms with Gasteiger partial charge in [0.15, 0.2) is 11.5 Å². The molecular weight excluding hydrogens is 446 g/mol. The van der Waals surface area contributed by atoms with E-state index in [4.69, 9.17) is 14.6 Å². The number of ether oxygens (including phenoxy) is 2. The van der Waals surface area contributed by atoms with E-state index in [2.05, 4.69) is 33.1 Å². The van der Waals surface area contributed by atoms with Crippen molar-refractivity contribution in [3.63, 3.8) is 0 Å². The Hall–Kier alpha value is -2.67. The van der Waals surface area contributed by atoms with Crippen LogP contribution in [0.4, 0.5) is 0 Å². The van der Waals surface area contributed by atoms with Crippen molar-refractivity contribution in [2.24, 2.45) is 16.9 Å². The predicted octanol–water partition coefficient (Wildman–Crippen LogP) is 4.32. The monoisotopic (exact) mass is 469 g/mol. The van der Waals surface area contributed by atoms with Gasteiger partial charge in [0.2, 0.25) is 5.91 Å². The van der Waals surface area contributed by atoms with Gasteiger partial charge in [0.25, 0.3) is 0 Å². The smallest absolute Gasteiger partial charge is 0.247 e. The zero-order chi connectivity index (χ0) is 21.1. The first-order valence-electron chi connectivity index (χ1n) is 9.92. The fraction of sp³-hybridized carbons (Fsp3) is 0.348. The second kappa shape index (κ2) is 9.00. The Morgan fingerprint density at radius 1 is 1.03 bits per heavy atom. The summed E-state index contributed by atoms with van der Waals surface area (Å²) < 4.78 is 10.9. The Labute approximate surface area is 184 Å². The minimum Gasteiger partial charge on any atom is -0.493 e. The highest BCUT2D eigenvalue weighted by Gasteiger charge is 2.40. The van der Waals surface area contributed by atoms with Gasteiger partial charge in [-0.3, -0.25) is 9.78 Å². The van der Waals surface area contributed by atoms with Crippen molar-refractivity contribution >= 4 is 27.5 Å². The number of halogens is 1. The van der Waals surface area contributed by atoms with Gasteiger partial charge in [-0.25, -0.2) is 5.01 Å². The molecule has 1 aromatic carbocycles. The van der Waals surface area contributed by atoms with Gasteiger partial charge < -0.3 is 9.47 Å². The Bertz CT molecular complexity index is 1000. The van der Waals surface area contributed by atoms with Crippen LogP contribution >= 0.6 is 15.9 Å². The number of hydrazone groups is 1. The van der Waals surface area contributed by atoms with Gasteiger partial charge >= 0.3 is 0 Å². The summed E-state index contributed by atoms with van der Waals surface area (Å²) in [6, 6.07) is 11.6. The SMILES string of the molecule is COc1ccc(C2=NN(Cc3cccc(CBr)n3)C(=O)C3CC=CCC23)cc1OC. The highest BCUT2D eigenvalue weighted by atomic mass is 79.9. The maximum absolute atomic E-state index is 13.2. The fourth-order valence-electron chi connectivity index (χ4n) is 4.06. The summed E-state index contributed by atoms with van der Waals surface area (Å²) in [6.07, 6.45) is 5.76. The lowest BCUT2D eigenvalue weighted by molar-refractivity contribution is -0.138. The third-order valence-electron chi connectivity index (χ3n) is 5.58. The van der Waals surface area contributed by atoms with Crippen molar-refractivity contribution < 1.29 is 14.3 Å². The van der Waals surface area contributed by atoms with Crippen LogP contribution in [0.2, 0.25) is 0 Å².